The summed E-state index contributed by atoms with van der Waals surface area (Å²) in [5.41, 5.74) is 5.35. The SMILES string of the molecule is Cc1cccc(-n2ccnc2SCC(=O)Nc2ccc(C)cc2C)c1. The van der Waals surface area contributed by atoms with Crippen LogP contribution in [0.15, 0.2) is 60.0 Å². The number of benzene rings is 2. The molecule has 4 nitrogen and oxygen atoms in total. The standard InChI is InChI=1S/C20H21N3OS/c1-14-5-4-6-17(12-14)23-10-9-21-20(23)25-13-19(24)22-18-8-7-15(2)11-16(18)3/h4-12H,13H2,1-3H3,(H,22,24). The lowest BCUT2D eigenvalue weighted by Gasteiger charge is -2.10. The Morgan fingerprint density at radius 1 is 1.12 bits per heavy atom. The molecule has 1 heterocycles. The highest BCUT2D eigenvalue weighted by atomic mass is 32.2. The number of aromatic nitrogens is 2. The first kappa shape index (κ1) is 17.3. The lowest BCUT2D eigenvalue weighted by molar-refractivity contribution is -0.113. The molecule has 2 aromatic carbocycles. The van der Waals surface area contributed by atoms with Gasteiger partial charge in [0.15, 0.2) is 5.16 Å². The highest BCUT2D eigenvalue weighted by Gasteiger charge is 2.10. The van der Waals surface area contributed by atoms with Crippen molar-refractivity contribution in [3.63, 3.8) is 0 Å². The van der Waals surface area contributed by atoms with Crippen LogP contribution in [0, 0.1) is 20.8 Å². The number of amides is 1. The number of nitrogens with zero attached hydrogens (tertiary/aromatic N) is 2. The van der Waals surface area contributed by atoms with Gasteiger partial charge < -0.3 is 5.32 Å². The molecule has 25 heavy (non-hydrogen) atoms. The zero-order valence-electron chi connectivity index (χ0n) is 14.6. The molecule has 0 aliphatic heterocycles. The van der Waals surface area contributed by atoms with Gasteiger partial charge in [-0.2, -0.15) is 0 Å². The van der Waals surface area contributed by atoms with Crippen LogP contribution in [0.4, 0.5) is 5.69 Å². The maximum atomic E-state index is 12.3. The van der Waals surface area contributed by atoms with Crippen molar-refractivity contribution < 1.29 is 4.79 Å². The summed E-state index contributed by atoms with van der Waals surface area (Å²) in [4.78, 5) is 16.7. The zero-order valence-corrected chi connectivity index (χ0v) is 15.4. The third-order valence-corrected chi connectivity index (χ3v) is 4.84. The summed E-state index contributed by atoms with van der Waals surface area (Å²) in [6.45, 7) is 6.10. The molecule has 0 fully saturated rings. The van der Waals surface area contributed by atoms with E-state index < -0.39 is 0 Å². The van der Waals surface area contributed by atoms with E-state index >= 15 is 0 Å². The molecule has 0 saturated heterocycles. The van der Waals surface area contributed by atoms with Gasteiger partial charge >= 0.3 is 0 Å². The predicted molar refractivity (Wildman–Crippen MR) is 104 cm³/mol. The first-order chi connectivity index (χ1) is 12.0. The highest BCUT2D eigenvalue weighted by Crippen LogP contribution is 2.22. The molecule has 1 amide bonds. The molecule has 128 valence electrons. The van der Waals surface area contributed by atoms with E-state index in [1.807, 2.05) is 48.9 Å². The van der Waals surface area contributed by atoms with E-state index in [2.05, 4.69) is 35.4 Å². The Morgan fingerprint density at radius 2 is 1.92 bits per heavy atom. The van der Waals surface area contributed by atoms with E-state index in [9.17, 15) is 4.79 Å². The summed E-state index contributed by atoms with van der Waals surface area (Å²) in [5.74, 6) is 0.284. The molecule has 0 bridgehead atoms. The molecule has 0 atom stereocenters. The van der Waals surface area contributed by atoms with Crippen molar-refractivity contribution in [3.8, 4) is 5.69 Å². The van der Waals surface area contributed by atoms with Gasteiger partial charge in [-0.1, -0.05) is 41.6 Å². The Labute approximate surface area is 152 Å². The number of carbonyl (C=O) groups is 1. The van der Waals surface area contributed by atoms with Gasteiger partial charge in [0.2, 0.25) is 5.91 Å². The minimum absolute atomic E-state index is 0.0317. The van der Waals surface area contributed by atoms with Crippen LogP contribution in [0.3, 0.4) is 0 Å². The van der Waals surface area contributed by atoms with Crippen LogP contribution < -0.4 is 5.32 Å². The lowest BCUT2D eigenvalue weighted by Crippen LogP contribution is -2.15. The molecule has 0 spiro atoms. The van der Waals surface area contributed by atoms with Crippen molar-refractivity contribution in [1.29, 1.82) is 0 Å². The van der Waals surface area contributed by atoms with E-state index in [1.54, 1.807) is 6.20 Å². The summed E-state index contributed by atoms with van der Waals surface area (Å²) in [5, 5.41) is 3.78. The number of nitrogens with one attached hydrogen (secondary N) is 1. The molecular formula is C20H21N3OS. The molecule has 0 unspecified atom stereocenters. The predicted octanol–water partition coefficient (Wildman–Crippen LogP) is 4.53. The largest absolute Gasteiger partial charge is 0.325 e. The lowest BCUT2D eigenvalue weighted by atomic mass is 10.1. The van der Waals surface area contributed by atoms with E-state index in [0.29, 0.717) is 5.75 Å². The third-order valence-electron chi connectivity index (χ3n) is 3.87. The molecule has 3 aromatic rings. The van der Waals surface area contributed by atoms with Gasteiger partial charge in [-0.05, 0) is 50.1 Å². The minimum Gasteiger partial charge on any atom is -0.325 e. The van der Waals surface area contributed by atoms with Crippen LogP contribution in [0.1, 0.15) is 16.7 Å². The maximum Gasteiger partial charge on any atom is 0.234 e. The minimum atomic E-state index is -0.0317. The molecule has 5 heteroatoms. The summed E-state index contributed by atoms with van der Waals surface area (Å²) in [6.07, 6.45) is 3.67. The Bertz CT molecular complexity index is 901. The van der Waals surface area contributed by atoms with E-state index in [1.165, 1.54) is 22.9 Å². The van der Waals surface area contributed by atoms with Crippen molar-refractivity contribution in [3.05, 3.63) is 71.5 Å². The average Bonchev–Trinajstić information content (AvgIpc) is 3.04. The van der Waals surface area contributed by atoms with Crippen molar-refractivity contribution in [2.75, 3.05) is 11.1 Å². The average molecular weight is 351 g/mol. The summed E-state index contributed by atoms with van der Waals surface area (Å²) in [6, 6.07) is 14.2. The quantitative estimate of drug-likeness (QED) is 0.687. The van der Waals surface area contributed by atoms with Crippen LogP contribution >= 0.6 is 11.8 Å². The third kappa shape index (κ3) is 4.31. The summed E-state index contributed by atoms with van der Waals surface area (Å²) in [7, 11) is 0. The fourth-order valence-corrected chi connectivity index (χ4v) is 3.41. The Hall–Kier alpha value is -2.53. The number of thioether (sulfide) groups is 1. The summed E-state index contributed by atoms with van der Waals surface area (Å²) < 4.78 is 2.00. The Kier molecular flexibility index (Phi) is 5.24. The molecule has 0 aliphatic rings. The summed E-state index contributed by atoms with van der Waals surface area (Å²) >= 11 is 1.43. The number of imidazole rings is 1. The van der Waals surface area contributed by atoms with Gasteiger partial charge in [-0.15, -0.1) is 0 Å². The van der Waals surface area contributed by atoms with E-state index in [4.69, 9.17) is 0 Å². The van der Waals surface area contributed by atoms with Crippen molar-refractivity contribution in [2.24, 2.45) is 0 Å². The van der Waals surface area contributed by atoms with Crippen molar-refractivity contribution >= 4 is 23.4 Å². The Balaban J connectivity index is 1.66. The zero-order chi connectivity index (χ0) is 17.8. The fourth-order valence-electron chi connectivity index (χ4n) is 2.64. The number of hydrogen-bond donors (Lipinski definition) is 1. The smallest absolute Gasteiger partial charge is 0.234 e. The van der Waals surface area contributed by atoms with Crippen LogP contribution in [-0.4, -0.2) is 21.2 Å². The molecule has 1 N–H and O–H groups in total. The molecule has 0 radical (unpaired) electrons. The number of carbonyl (C=O) groups excluding carboxylic acids is 1. The first-order valence-electron chi connectivity index (χ1n) is 8.13. The second-order valence-corrected chi connectivity index (χ2v) is 7.02. The molecule has 1 aromatic heterocycles. The van der Waals surface area contributed by atoms with Gasteiger partial charge in [0, 0.05) is 23.8 Å². The van der Waals surface area contributed by atoms with Crippen LogP contribution in [0.2, 0.25) is 0 Å². The van der Waals surface area contributed by atoms with Gasteiger partial charge in [0.05, 0.1) is 5.75 Å². The van der Waals surface area contributed by atoms with Crippen LogP contribution in [-0.2, 0) is 4.79 Å². The number of aryl methyl sites for hydroxylation is 3. The topological polar surface area (TPSA) is 46.9 Å². The van der Waals surface area contributed by atoms with E-state index in [0.717, 1.165) is 22.1 Å². The molecular weight excluding hydrogens is 330 g/mol. The van der Waals surface area contributed by atoms with E-state index in [-0.39, 0.29) is 5.91 Å². The van der Waals surface area contributed by atoms with Crippen molar-refractivity contribution in [2.45, 2.75) is 25.9 Å². The van der Waals surface area contributed by atoms with Gasteiger partial charge in [-0.3, -0.25) is 9.36 Å². The number of rotatable bonds is 5. The van der Waals surface area contributed by atoms with Crippen molar-refractivity contribution in [1.82, 2.24) is 9.55 Å². The molecule has 0 saturated carbocycles. The second-order valence-electron chi connectivity index (χ2n) is 6.07. The number of anilines is 1. The second kappa shape index (κ2) is 7.57. The van der Waals surface area contributed by atoms with Gasteiger partial charge in [-0.25, -0.2) is 4.98 Å². The molecule has 3 rings (SSSR count). The molecule has 0 aliphatic carbocycles. The maximum absolute atomic E-state index is 12.3. The monoisotopic (exact) mass is 351 g/mol. The first-order valence-corrected chi connectivity index (χ1v) is 9.12. The van der Waals surface area contributed by atoms with Gasteiger partial charge in [0.25, 0.3) is 0 Å². The Morgan fingerprint density at radius 3 is 2.68 bits per heavy atom. The van der Waals surface area contributed by atoms with Gasteiger partial charge in [0.1, 0.15) is 0 Å². The normalized spacial score (nSPS) is 10.7. The van der Waals surface area contributed by atoms with Crippen LogP contribution in [0.25, 0.3) is 5.69 Å². The number of hydrogen-bond acceptors (Lipinski definition) is 3. The van der Waals surface area contributed by atoms with Crippen LogP contribution in [0.5, 0.6) is 0 Å². The fraction of sp³-hybridized carbons (Fsp3) is 0.200. The highest BCUT2D eigenvalue weighted by molar-refractivity contribution is 7.99.